The molecule has 3 N–H and O–H groups in total. The molecule has 0 aliphatic carbocycles. The van der Waals surface area contributed by atoms with Gasteiger partial charge in [-0.1, -0.05) is 299 Å². The molecule has 0 saturated heterocycles. The van der Waals surface area contributed by atoms with Crippen LogP contribution in [0.15, 0.2) is 0 Å². The third-order valence-corrected chi connectivity index (χ3v) is 18.4. The molecular formula is C70H136O17P2. The molecule has 0 bridgehead atoms. The van der Waals surface area contributed by atoms with E-state index in [4.69, 9.17) is 37.0 Å². The maximum Gasteiger partial charge on any atom is 0.472 e. The van der Waals surface area contributed by atoms with Crippen LogP contribution in [0, 0.1) is 17.8 Å². The summed E-state index contributed by atoms with van der Waals surface area (Å²) in [6, 6.07) is 0. The molecule has 3 unspecified atom stereocenters. The molecule has 0 aliphatic heterocycles. The Bertz CT molecular complexity index is 1750. The second-order valence-electron chi connectivity index (χ2n) is 26.5. The van der Waals surface area contributed by atoms with Gasteiger partial charge < -0.3 is 33.8 Å². The number of esters is 4. The highest BCUT2D eigenvalue weighted by molar-refractivity contribution is 7.47. The van der Waals surface area contributed by atoms with Gasteiger partial charge in [-0.2, -0.15) is 0 Å². The van der Waals surface area contributed by atoms with E-state index >= 15 is 0 Å². The van der Waals surface area contributed by atoms with Gasteiger partial charge in [-0.05, 0) is 43.4 Å². The van der Waals surface area contributed by atoms with Crippen LogP contribution in [0.3, 0.4) is 0 Å². The fraction of sp³-hybridized carbons (Fsp3) is 0.943. The van der Waals surface area contributed by atoms with Gasteiger partial charge in [0.25, 0.3) is 0 Å². The van der Waals surface area contributed by atoms with Crippen LogP contribution in [-0.4, -0.2) is 96.7 Å². The highest BCUT2D eigenvalue weighted by Crippen LogP contribution is 2.45. The van der Waals surface area contributed by atoms with E-state index in [1.807, 2.05) is 0 Å². The lowest BCUT2D eigenvalue weighted by Crippen LogP contribution is -2.30. The molecule has 0 rings (SSSR count). The number of hydrogen-bond acceptors (Lipinski definition) is 15. The van der Waals surface area contributed by atoms with Gasteiger partial charge in [0.05, 0.1) is 26.4 Å². The summed E-state index contributed by atoms with van der Waals surface area (Å²) in [6.07, 6.45) is 44.5. The molecule has 0 heterocycles. The summed E-state index contributed by atoms with van der Waals surface area (Å²) in [4.78, 5) is 72.4. The molecule has 0 aliphatic rings. The standard InChI is InChI=1S/C70H136O17P2/c1-8-10-11-12-27-37-44-51-67(72)80-57-65(86-70(75)54-47-40-33-26-20-22-29-35-42-49-62(5)6)59-84-88(76,77)82-55-64(71)56-83-89(78,79)85-60-66(58-81-68(73)52-45-38-31-25-19-21-28-34-41-48-61(3)4)87-69(74)53-46-39-32-24-18-16-14-13-15-17-23-30-36-43-50-63(7)9-2/h61-66,71H,8-60H2,1-7H3,(H,76,77)(H,78,79)/t63?,64-,65+,66+/m0/s1. The molecule has 0 amide bonds. The van der Waals surface area contributed by atoms with Gasteiger partial charge in [0.2, 0.25) is 0 Å². The maximum atomic E-state index is 13.0. The zero-order valence-corrected chi connectivity index (χ0v) is 59.7. The van der Waals surface area contributed by atoms with Crippen LogP contribution in [0.25, 0.3) is 0 Å². The number of carbonyl (C=O) groups excluding carboxylic acids is 4. The van der Waals surface area contributed by atoms with Crippen molar-refractivity contribution in [1.29, 1.82) is 0 Å². The first kappa shape index (κ1) is 87.1. The Labute approximate surface area is 543 Å². The number of ether oxygens (including phenoxy) is 4. The van der Waals surface area contributed by atoms with Crippen molar-refractivity contribution in [2.75, 3.05) is 39.6 Å². The highest BCUT2D eigenvalue weighted by Gasteiger charge is 2.30. The van der Waals surface area contributed by atoms with Crippen molar-refractivity contribution >= 4 is 39.5 Å². The fourth-order valence-electron chi connectivity index (χ4n) is 10.5. The minimum absolute atomic E-state index is 0.105. The van der Waals surface area contributed by atoms with E-state index in [1.54, 1.807) is 0 Å². The smallest absolute Gasteiger partial charge is 0.462 e. The van der Waals surface area contributed by atoms with E-state index in [9.17, 15) is 43.2 Å². The Kier molecular flexibility index (Phi) is 59.6. The van der Waals surface area contributed by atoms with Gasteiger partial charge >= 0.3 is 39.5 Å². The van der Waals surface area contributed by atoms with Crippen molar-refractivity contribution in [2.24, 2.45) is 17.8 Å². The van der Waals surface area contributed by atoms with Crippen molar-refractivity contribution < 1.29 is 80.2 Å². The van der Waals surface area contributed by atoms with Crippen LogP contribution in [0.4, 0.5) is 0 Å². The van der Waals surface area contributed by atoms with Crippen molar-refractivity contribution in [1.82, 2.24) is 0 Å². The zero-order chi connectivity index (χ0) is 65.9. The van der Waals surface area contributed by atoms with Crippen LogP contribution in [0.5, 0.6) is 0 Å². The van der Waals surface area contributed by atoms with Gasteiger partial charge in [0.1, 0.15) is 19.3 Å². The quantitative estimate of drug-likeness (QED) is 0.0222. The summed E-state index contributed by atoms with van der Waals surface area (Å²) in [7, 11) is -9.90. The minimum Gasteiger partial charge on any atom is -0.462 e. The number of aliphatic hydroxyl groups excluding tert-OH is 1. The summed E-state index contributed by atoms with van der Waals surface area (Å²) in [5.74, 6) is 0.195. The lowest BCUT2D eigenvalue weighted by molar-refractivity contribution is -0.161. The molecule has 19 heteroatoms. The Morgan fingerprint density at radius 3 is 0.854 bits per heavy atom. The predicted molar refractivity (Wildman–Crippen MR) is 358 cm³/mol. The SMILES string of the molecule is CCCCCCCCCC(=O)OC[C@H](COP(=O)(O)OC[C@H](O)COP(=O)(O)OC[C@@H](COC(=O)CCCCCCCCCCCC(C)C)OC(=O)CCCCCCCCCCCCCCCCC(C)CC)OC(=O)CCCCCCCCCCCC(C)C. The van der Waals surface area contributed by atoms with Crippen molar-refractivity contribution in [2.45, 2.75) is 369 Å². The zero-order valence-electron chi connectivity index (χ0n) is 57.9. The normalized spacial score (nSPS) is 14.5. The monoisotopic (exact) mass is 1310 g/mol. The molecule has 0 spiro atoms. The molecule has 0 aromatic carbocycles. The number of phosphoric acid groups is 2. The van der Waals surface area contributed by atoms with E-state index in [0.29, 0.717) is 25.7 Å². The summed E-state index contributed by atoms with van der Waals surface area (Å²) >= 11 is 0. The van der Waals surface area contributed by atoms with Gasteiger partial charge in [0.15, 0.2) is 12.2 Å². The van der Waals surface area contributed by atoms with Crippen molar-refractivity contribution in [3.63, 3.8) is 0 Å². The topological polar surface area (TPSA) is 237 Å². The third-order valence-electron chi connectivity index (χ3n) is 16.5. The van der Waals surface area contributed by atoms with E-state index in [1.165, 1.54) is 148 Å². The number of carbonyl (C=O) groups is 4. The van der Waals surface area contributed by atoms with Crippen LogP contribution in [0.2, 0.25) is 0 Å². The first-order valence-electron chi connectivity index (χ1n) is 36.4. The molecule has 17 nitrogen and oxygen atoms in total. The lowest BCUT2D eigenvalue weighted by Gasteiger charge is -2.21. The highest BCUT2D eigenvalue weighted by atomic mass is 31.2. The van der Waals surface area contributed by atoms with Crippen LogP contribution in [-0.2, 0) is 65.4 Å². The van der Waals surface area contributed by atoms with E-state index in [-0.39, 0.29) is 25.7 Å². The number of aliphatic hydroxyl groups is 1. The van der Waals surface area contributed by atoms with Gasteiger partial charge in [-0.3, -0.25) is 37.3 Å². The Balaban J connectivity index is 5.20. The van der Waals surface area contributed by atoms with Gasteiger partial charge in [0, 0.05) is 25.7 Å². The van der Waals surface area contributed by atoms with Gasteiger partial charge in [-0.25, -0.2) is 9.13 Å². The minimum atomic E-state index is -4.95. The average Bonchev–Trinajstić information content (AvgIpc) is 3.67. The molecule has 0 fully saturated rings. The summed E-state index contributed by atoms with van der Waals surface area (Å²) in [5.41, 5.74) is 0. The van der Waals surface area contributed by atoms with Crippen molar-refractivity contribution in [3.8, 4) is 0 Å². The third kappa shape index (κ3) is 63.2. The van der Waals surface area contributed by atoms with E-state index in [2.05, 4.69) is 48.5 Å². The second kappa shape index (κ2) is 61.0. The summed E-state index contributed by atoms with van der Waals surface area (Å²) in [5, 5.41) is 10.6. The first-order chi connectivity index (χ1) is 42.8. The molecule has 0 aromatic heterocycles. The number of rotatable bonds is 68. The fourth-order valence-corrected chi connectivity index (χ4v) is 12.1. The van der Waals surface area contributed by atoms with Crippen LogP contribution in [0.1, 0.15) is 350 Å². The molecule has 0 radical (unpaired) electrons. The second-order valence-corrected chi connectivity index (χ2v) is 29.4. The summed E-state index contributed by atoms with van der Waals surface area (Å²) in [6.45, 7) is 11.8. The number of hydrogen-bond donors (Lipinski definition) is 3. The average molecular weight is 1310 g/mol. The molecule has 0 saturated carbocycles. The van der Waals surface area contributed by atoms with Crippen LogP contribution >= 0.6 is 15.6 Å². The maximum absolute atomic E-state index is 13.0. The largest absolute Gasteiger partial charge is 0.472 e. The van der Waals surface area contributed by atoms with Crippen molar-refractivity contribution in [3.05, 3.63) is 0 Å². The Morgan fingerprint density at radius 2 is 0.573 bits per heavy atom. The Hall–Kier alpha value is -1.94. The molecule has 6 atom stereocenters. The molecule has 0 aromatic rings. The summed E-state index contributed by atoms with van der Waals surface area (Å²) < 4.78 is 68.2. The lowest BCUT2D eigenvalue weighted by atomic mass is 9.99. The Morgan fingerprint density at radius 1 is 0.326 bits per heavy atom. The van der Waals surface area contributed by atoms with Gasteiger partial charge in [-0.15, -0.1) is 0 Å². The first-order valence-corrected chi connectivity index (χ1v) is 39.4. The number of phosphoric ester groups is 2. The molecule has 89 heavy (non-hydrogen) atoms. The van der Waals surface area contributed by atoms with E-state index < -0.39 is 97.5 Å². The van der Waals surface area contributed by atoms with Crippen LogP contribution < -0.4 is 0 Å². The molecule has 528 valence electrons. The number of unbranched alkanes of at least 4 members (excludes halogenated alkanes) is 35. The predicted octanol–water partition coefficient (Wildman–Crippen LogP) is 19.8. The van der Waals surface area contributed by atoms with E-state index in [0.717, 1.165) is 120 Å². The molecular weight excluding hydrogens is 1170 g/mol.